The summed E-state index contributed by atoms with van der Waals surface area (Å²) in [5.41, 5.74) is 7.58. The van der Waals surface area contributed by atoms with Crippen molar-refractivity contribution in [3.05, 3.63) is 88.4 Å². The number of carbonyl (C=O) groups is 3. The fourth-order valence-electron chi connectivity index (χ4n) is 4.69. The van der Waals surface area contributed by atoms with E-state index < -0.39 is 29.4 Å². The number of hydrogen-bond donors (Lipinski definition) is 2. The van der Waals surface area contributed by atoms with Gasteiger partial charge in [-0.25, -0.2) is 9.18 Å². The van der Waals surface area contributed by atoms with Gasteiger partial charge >= 0.3 is 12.1 Å². The molecular formula is C34H37FN2O8. The predicted octanol–water partition coefficient (Wildman–Crippen LogP) is 6.19. The Morgan fingerprint density at radius 2 is 1.76 bits per heavy atom. The quantitative estimate of drug-likeness (QED) is 0.179. The third-order valence-corrected chi connectivity index (χ3v) is 6.59. The van der Waals surface area contributed by atoms with Gasteiger partial charge in [0.05, 0.1) is 13.0 Å². The zero-order valence-electron chi connectivity index (χ0n) is 26.0. The van der Waals surface area contributed by atoms with Crippen molar-refractivity contribution in [1.82, 2.24) is 5.32 Å². The lowest BCUT2D eigenvalue weighted by molar-refractivity contribution is -0.142. The van der Waals surface area contributed by atoms with Crippen molar-refractivity contribution in [1.29, 1.82) is 0 Å². The van der Waals surface area contributed by atoms with Gasteiger partial charge in [0, 0.05) is 46.9 Å². The lowest BCUT2D eigenvalue weighted by Gasteiger charge is -2.20. The standard InChI is InChI=1S/C34H37FN2O8/c1-6-42-29(38)16-21-10-11-22(32(36)39)15-28(21)43-18-20-12-24-14-25(19-41-5)44-31(24)27(13-20)26-9-7-8-23(30(26)35)17-37-33(40)45-34(2,3)4/h7-15H,6,16-19H2,1-5H3,(H2,36,39)(H,37,40). The van der Waals surface area contributed by atoms with Gasteiger partial charge in [0.2, 0.25) is 5.91 Å². The molecule has 238 valence electrons. The van der Waals surface area contributed by atoms with E-state index in [0.717, 1.165) is 0 Å². The van der Waals surface area contributed by atoms with Crippen molar-refractivity contribution in [2.75, 3.05) is 13.7 Å². The topological polar surface area (TPSA) is 139 Å². The maximum Gasteiger partial charge on any atom is 0.407 e. The molecule has 4 aromatic rings. The molecular weight excluding hydrogens is 583 g/mol. The average Bonchev–Trinajstić information content (AvgIpc) is 3.37. The lowest BCUT2D eigenvalue weighted by Crippen LogP contribution is -2.32. The molecule has 1 heterocycles. The fourth-order valence-corrected chi connectivity index (χ4v) is 4.69. The van der Waals surface area contributed by atoms with E-state index in [9.17, 15) is 14.4 Å². The van der Waals surface area contributed by atoms with E-state index in [1.165, 1.54) is 12.1 Å². The summed E-state index contributed by atoms with van der Waals surface area (Å²) in [6.45, 7) is 7.29. The van der Waals surface area contributed by atoms with Crippen molar-refractivity contribution in [3.8, 4) is 16.9 Å². The monoisotopic (exact) mass is 620 g/mol. The van der Waals surface area contributed by atoms with Gasteiger partial charge in [-0.15, -0.1) is 0 Å². The number of ether oxygens (including phenoxy) is 4. The summed E-state index contributed by atoms with van der Waals surface area (Å²) in [7, 11) is 1.54. The van der Waals surface area contributed by atoms with Gasteiger partial charge in [0.1, 0.15) is 41.7 Å². The molecule has 3 aromatic carbocycles. The average molecular weight is 621 g/mol. The molecule has 0 unspecified atom stereocenters. The molecule has 0 fully saturated rings. The minimum atomic E-state index is -0.696. The molecule has 0 bridgehead atoms. The van der Waals surface area contributed by atoms with Crippen molar-refractivity contribution in [3.63, 3.8) is 0 Å². The Bertz CT molecular complexity index is 1710. The van der Waals surface area contributed by atoms with Gasteiger partial charge in [0.25, 0.3) is 0 Å². The Morgan fingerprint density at radius 3 is 2.44 bits per heavy atom. The number of nitrogens with two attached hydrogens (primary N) is 1. The zero-order chi connectivity index (χ0) is 32.7. The molecule has 45 heavy (non-hydrogen) atoms. The number of rotatable bonds is 12. The summed E-state index contributed by atoms with van der Waals surface area (Å²) in [6, 6.07) is 14.9. The van der Waals surface area contributed by atoms with Crippen LogP contribution in [0.4, 0.5) is 9.18 Å². The normalized spacial score (nSPS) is 11.3. The number of fused-ring (bicyclic) bond motifs is 1. The molecule has 10 nitrogen and oxygen atoms in total. The maximum absolute atomic E-state index is 16.0. The summed E-state index contributed by atoms with van der Waals surface area (Å²) in [5, 5.41) is 3.28. The summed E-state index contributed by atoms with van der Waals surface area (Å²) >= 11 is 0. The first-order chi connectivity index (χ1) is 21.4. The molecule has 0 aliphatic carbocycles. The number of nitrogens with one attached hydrogen (secondary N) is 1. The summed E-state index contributed by atoms with van der Waals surface area (Å²) in [5.74, 6) is -0.802. The minimum Gasteiger partial charge on any atom is -0.489 e. The highest BCUT2D eigenvalue weighted by molar-refractivity contribution is 5.94. The van der Waals surface area contributed by atoms with Crippen LogP contribution in [0, 0.1) is 5.82 Å². The number of amides is 2. The number of esters is 1. The number of benzene rings is 3. The van der Waals surface area contributed by atoms with Gasteiger partial charge in [-0.3, -0.25) is 9.59 Å². The molecule has 0 saturated heterocycles. The van der Waals surface area contributed by atoms with Crippen LogP contribution in [0.5, 0.6) is 5.75 Å². The molecule has 0 aliphatic rings. The van der Waals surface area contributed by atoms with Crippen LogP contribution in [0.2, 0.25) is 0 Å². The van der Waals surface area contributed by atoms with Gasteiger partial charge in [0.15, 0.2) is 0 Å². The Labute approximate surface area is 260 Å². The van der Waals surface area contributed by atoms with Gasteiger partial charge in [-0.05, 0) is 63.6 Å². The first kappa shape index (κ1) is 33.0. The van der Waals surface area contributed by atoms with Crippen LogP contribution in [0.3, 0.4) is 0 Å². The van der Waals surface area contributed by atoms with Gasteiger partial charge in [-0.1, -0.05) is 24.3 Å². The molecule has 0 radical (unpaired) electrons. The second-order valence-corrected chi connectivity index (χ2v) is 11.3. The Balaban J connectivity index is 1.70. The highest BCUT2D eigenvalue weighted by Crippen LogP contribution is 2.36. The van der Waals surface area contributed by atoms with E-state index in [4.69, 9.17) is 29.1 Å². The minimum absolute atomic E-state index is 0.00722. The highest BCUT2D eigenvalue weighted by atomic mass is 19.1. The second-order valence-electron chi connectivity index (χ2n) is 11.3. The Morgan fingerprint density at radius 1 is 0.978 bits per heavy atom. The third-order valence-electron chi connectivity index (χ3n) is 6.59. The van der Waals surface area contributed by atoms with E-state index in [0.29, 0.717) is 33.4 Å². The molecule has 4 rings (SSSR count). The maximum atomic E-state index is 16.0. The Kier molecular flexibility index (Phi) is 10.5. The van der Waals surface area contributed by atoms with E-state index in [2.05, 4.69) is 5.32 Å². The van der Waals surface area contributed by atoms with Crippen LogP contribution in [-0.2, 0) is 45.2 Å². The van der Waals surface area contributed by atoms with E-state index in [1.54, 1.807) is 71.2 Å². The van der Waals surface area contributed by atoms with Crippen molar-refractivity contribution in [2.45, 2.75) is 59.5 Å². The Hall–Kier alpha value is -4.90. The van der Waals surface area contributed by atoms with Crippen molar-refractivity contribution < 1.29 is 42.1 Å². The lowest BCUT2D eigenvalue weighted by atomic mass is 9.98. The summed E-state index contributed by atoms with van der Waals surface area (Å²) in [4.78, 5) is 36.3. The van der Waals surface area contributed by atoms with Crippen LogP contribution >= 0.6 is 0 Å². The molecule has 0 aliphatic heterocycles. The molecule has 11 heteroatoms. The van der Waals surface area contributed by atoms with E-state index >= 15 is 4.39 Å². The number of alkyl carbamates (subject to hydrolysis) is 1. The van der Waals surface area contributed by atoms with Crippen molar-refractivity contribution >= 4 is 28.9 Å². The second kappa shape index (κ2) is 14.3. The fraction of sp³-hybridized carbons (Fsp3) is 0.324. The SMILES string of the molecule is CCOC(=O)Cc1ccc(C(N)=O)cc1OCc1cc(-c2cccc(CNC(=O)OC(C)(C)C)c2F)c2oc(COC)cc2c1. The van der Waals surface area contributed by atoms with Crippen LogP contribution in [0.25, 0.3) is 22.1 Å². The molecule has 1 aromatic heterocycles. The number of carbonyl (C=O) groups excluding carboxylic acids is 3. The van der Waals surface area contributed by atoms with Crippen molar-refractivity contribution in [2.24, 2.45) is 5.73 Å². The number of furan rings is 1. The largest absolute Gasteiger partial charge is 0.489 e. The predicted molar refractivity (Wildman–Crippen MR) is 165 cm³/mol. The molecule has 2 amide bonds. The molecule has 0 spiro atoms. The molecule has 0 atom stereocenters. The van der Waals surface area contributed by atoms with E-state index in [1.807, 2.05) is 6.07 Å². The van der Waals surface area contributed by atoms with E-state index in [-0.39, 0.29) is 55.2 Å². The number of hydrogen-bond acceptors (Lipinski definition) is 8. The van der Waals surface area contributed by atoms with Crippen LogP contribution in [0.1, 0.15) is 60.5 Å². The number of methoxy groups -OCH3 is 1. The molecule has 0 saturated carbocycles. The highest BCUT2D eigenvalue weighted by Gasteiger charge is 2.20. The van der Waals surface area contributed by atoms with Gasteiger partial charge in [-0.2, -0.15) is 0 Å². The number of primary amides is 1. The van der Waals surface area contributed by atoms with Crippen LogP contribution in [0.15, 0.2) is 59.0 Å². The molecule has 3 N–H and O–H groups in total. The summed E-state index contributed by atoms with van der Waals surface area (Å²) in [6.07, 6.45) is -0.726. The zero-order valence-corrected chi connectivity index (χ0v) is 26.0. The smallest absolute Gasteiger partial charge is 0.407 e. The summed E-state index contributed by atoms with van der Waals surface area (Å²) < 4.78 is 43.8. The first-order valence-electron chi connectivity index (χ1n) is 14.4. The van der Waals surface area contributed by atoms with Gasteiger partial charge < -0.3 is 34.4 Å². The third kappa shape index (κ3) is 8.60. The number of halogens is 1. The van der Waals surface area contributed by atoms with Crippen LogP contribution < -0.4 is 15.8 Å². The van der Waals surface area contributed by atoms with Crippen LogP contribution in [-0.4, -0.2) is 37.3 Å². The first-order valence-corrected chi connectivity index (χ1v) is 14.4.